The van der Waals surface area contributed by atoms with Crippen LogP contribution in [0.4, 0.5) is 0 Å². The molecule has 0 aliphatic rings. The maximum absolute atomic E-state index is 13.5. The Morgan fingerprint density at radius 3 is 1.35 bits per heavy atom. The van der Waals surface area contributed by atoms with Crippen molar-refractivity contribution in [2.24, 2.45) is 0 Å². The lowest BCUT2D eigenvalue weighted by molar-refractivity contribution is -0.870. The van der Waals surface area contributed by atoms with Crippen LogP contribution in [0.15, 0.2) is 122 Å². The van der Waals surface area contributed by atoms with E-state index in [1.54, 1.807) is 0 Å². The summed E-state index contributed by atoms with van der Waals surface area (Å²) in [6.07, 6.45) is 73.5. The van der Waals surface area contributed by atoms with Crippen molar-refractivity contribution in [1.82, 2.24) is 5.32 Å². The fraction of sp³-hybridized carbons (Fsp3) is 0.656. The van der Waals surface area contributed by atoms with Crippen LogP contribution in [0.5, 0.6) is 0 Å². The van der Waals surface area contributed by atoms with Gasteiger partial charge < -0.3 is 19.4 Å². The van der Waals surface area contributed by atoms with Crippen molar-refractivity contribution >= 4 is 19.7 Å². The topological polar surface area (TPSA) is 111 Å². The lowest BCUT2D eigenvalue weighted by Crippen LogP contribution is -2.47. The molecule has 2 N–H and O–H groups in total. The predicted octanol–water partition coefficient (Wildman–Crippen LogP) is 17.9. The molecule has 3 unspecified atom stereocenters. The van der Waals surface area contributed by atoms with Crippen molar-refractivity contribution in [3.05, 3.63) is 122 Å². The van der Waals surface area contributed by atoms with Crippen LogP contribution in [-0.2, 0) is 27.9 Å². The molecule has 0 aromatic carbocycles. The van der Waals surface area contributed by atoms with Crippen molar-refractivity contribution < 1.29 is 37.3 Å². The van der Waals surface area contributed by atoms with Crippen molar-refractivity contribution in [3.63, 3.8) is 0 Å². The van der Waals surface area contributed by atoms with Gasteiger partial charge in [-0.2, -0.15) is 0 Å². The number of quaternary nitrogens is 1. The van der Waals surface area contributed by atoms with Crippen LogP contribution in [0.2, 0.25) is 0 Å². The van der Waals surface area contributed by atoms with E-state index in [0.717, 1.165) is 96.3 Å². The summed E-state index contributed by atoms with van der Waals surface area (Å²) in [7, 11) is 1.42. The Balaban J connectivity index is 5.50. The van der Waals surface area contributed by atoms with Crippen LogP contribution in [0.25, 0.3) is 0 Å². The first-order valence-corrected chi connectivity index (χ1v) is 30.9. The van der Waals surface area contributed by atoms with Gasteiger partial charge in [-0.1, -0.05) is 220 Å². The number of carbonyl (C=O) groups excluding carboxylic acids is 2. The zero-order valence-electron chi connectivity index (χ0n) is 48.0. The number of rotatable bonds is 51. The van der Waals surface area contributed by atoms with E-state index in [0.29, 0.717) is 23.9 Å². The molecule has 0 fully saturated rings. The van der Waals surface area contributed by atoms with E-state index < -0.39 is 20.0 Å². The average molecular weight is 1050 g/mol. The van der Waals surface area contributed by atoms with E-state index in [9.17, 15) is 19.0 Å². The molecule has 3 atom stereocenters. The molecule has 0 saturated heterocycles. The van der Waals surface area contributed by atoms with Gasteiger partial charge in [-0.25, -0.2) is 4.57 Å². The molecule has 0 heterocycles. The Morgan fingerprint density at radius 2 is 0.878 bits per heavy atom. The second-order valence-corrected chi connectivity index (χ2v) is 21.9. The van der Waals surface area contributed by atoms with Crippen LogP contribution in [0.3, 0.4) is 0 Å². The minimum absolute atomic E-state index is 0.0163. The number of phosphoric acid groups is 1. The van der Waals surface area contributed by atoms with E-state index in [1.165, 1.54) is 77.0 Å². The number of likely N-dealkylation sites (N-methyl/N-ethyl adjacent to an activating group) is 1. The maximum atomic E-state index is 13.5. The minimum Gasteiger partial charge on any atom is -0.456 e. The summed E-state index contributed by atoms with van der Waals surface area (Å²) in [5, 5.41) is 2.99. The Kier molecular flexibility index (Phi) is 50.3. The average Bonchev–Trinajstić information content (AvgIpc) is 3.36. The van der Waals surface area contributed by atoms with Crippen LogP contribution < -0.4 is 5.32 Å². The van der Waals surface area contributed by atoms with Gasteiger partial charge in [-0.15, -0.1) is 0 Å². The third-order valence-corrected chi connectivity index (χ3v) is 13.1. The Morgan fingerprint density at radius 1 is 0.486 bits per heavy atom. The predicted molar refractivity (Wildman–Crippen MR) is 318 cm³/mol. The quantitative estimate of drug-likeness (QED) is 0.0205. The van der Waals surface area contributed by atoms with Gasteiger partial charge in [-0.05, 0) is 109 Å². The zero-order valence-corrected chi connectivity index (χ0v) is 48.9. The summed E-state index contributed by atoms with van der Waals surface area (Å²) in [6.45, 7) is 6.77. The summed E-state index contributed by atoms with van der Waals surface area (Å²) >= 11 is 0. The van der Waals surface area contributed by atoms with E-state index in [2.05, 4.69) is 123 Å². The normalized spacial score (nSPS) is 14.6. The lowest BCUT2D eigenvalue weighted by Gasteiger charge is -2.27. The largest absolute Gasteiger partial charge is 0.472 e. The van der Waals surface area contributed by atoms with E-state index >= 15 is 0 Å². The van der Waals surface area contributed by atoms with Crippen molar-refractivity contribution in [2.45, 2.75) is 232 Å². The molecule has 0 aliphatic carbocycles. The SMILES string of the molecule is CC/C=C\C/C=C\C/C=C\C/C=C\C/C=C\C/C=C\CCC(=O)NC(COP(=O)(O)OCC[N+](C)(C)C)C(/C=C/CCCCCCCCCCCC)OC(=O)CCCCCC/C=C\C/C=C\C/C=C\CCCCC. The fourth-order valence-corrected chi connectivity index (χ4v) is 8.35. The van der Waals surface area contributed by atoms with Gasteiger partial charge in [0, 0.05) is 12.8 Å². The van der Waals surface area contributed by atoms with E-state index in [1.807, 2.05) is 45.4 Å². The standard InChI is InChI=1S/C64H109N2O7P/c1-7-10-13-16-19-22-25-28-30-32-33-35-36-38-41-44-47-50-53-56-63(67)65-61(60-72-74(69,70)71-59-58-66(4,5)6)62(55-52-49-46-43-40-27-24-21-18-15-12-9-3)73-64(68)57-54-51-48-45-42-39-37-34-31-29-26-23-20-17-14-11-8-2/h10,13,19-20,22-23,28-31,33,35,37-39,41,47,50,52,55,61-62H,7-9,11-12,14-18,21,24-27,32,34,36,40,42-46,48-49,51,53-54,56-60H2,1-6H3,(H-,65,67,69,70)/p+1/b13-10-,22-19-,23-20-,30-28-,31-29-,35-33-,39-37-,41-38-,50-47-,55-52+. The highest BCUT2D eigenvalue weighted by atomic mass is 31.2. The Hall–Kier alpha value is -3.59. The summed E-state index contributed by atoms with van der Waals surface area (Å²) < 4.78 is 30.6. The zero-order chi connectivity index (χ0) is 54.3. The van der Waals surface area contributed by atoms with Gasteiger partial charge in [0.1, 0.15) is 19.3 Å². The first kappa shape index (κ1) is 70.4. The second-order valence-electron chi connectivity index (χ2n) is 20.4. The molecule has 10 heteroatoms. The summed E-state index contributed by atoms with van der Waals surface area (Å²) in [5.74, 6) is -0.638. The minimum atomic E-state index is -4.48. The smallest absolute Gasteiger partial charge is 0.456 e. The molecule has 0 bridgehead atoms. The number of hydrogen-bond donors (Lipinski definition) is 2. The van der Waals surface area contributed by atoms with E-state index in [4.69, 9.17) is 13.8 Å². The number of amides is 1. The first-order chi connectivity index (χ1) is 35.9. The van der Waals surface area contributed by atoms with Gasteiger partial charge in [0.25, 0.3) is 0 Å². The van der Waals surface area contributed by atoms with Crippen molar-refractivity contribution in [2.75, 3.05) is 40.9 Å². The van der Waals surface area contributed by atoms with Crippen molar-refractivity contribution in [3.8, 4) is 0 Å². The van der Waals surface area contributed by atoms with Gasteiger partial charge in [0.15, 0.2) is 0 Å². The molecule has 0 aliphatic heterocycles. The highest BCUT2D eigenvalue weighted by molar-refractivity contribution is 7.47. The number of phosphoric ester groups is 1. The van der Waals surface area contributed by atoms with Crippen LogP contribution in [0, 0.1) is 0 Å². The van der Waals surface area contributed by atoms with Crippen LogP contribution >= 0.6 is 7.82 Å². The summed E-state index contributed by atoms with van der Waals surface area (Å²) in [4.78, 5) is 37.6. The molecule has 74 heavy (non-hydrogen) atoms. The number of hydrogen-bond acceptors (Lipinski definition) is 6. The molecule has 1 amide bonds. The van der Waals surface area contributed by atoms with Gasteiger partial charge >= 0.3 is 13.8 Å². The second kappa shape index (κ2) is 52.8. The molecule has 0 aromatic rings. The highest BCUT2D eigenvalue weighted by Gasteiger charge is 2.30. The number of carbonyl (C=O) groups is 2. The van der Waals surface area contributed by atoms with E-state index in [-0.39, 0.29) is 37.9 Å². The summed E-state index contributed by atoms with van der Waals surface area (Å²) in [5.41, 5.74) is 0. The maximum Gasteiger partial charge on any atom is 0.472 e. The number of nitrogens with one attached hydrogen (secondary N) is 1. The molecular formula is C64H110N2O7P+. The molecule has 0 aromatic heterocycles. The van der Waals surface area contributed by atoms with Crippen LogP contribution in [-0.4, -0.2) is 74.3 Å². The number of unbranched alkanes of at least 4 members (excludes halogenated alkanes) is 17. The Bertz CT molecular complexity index is 1680. The number of ether oxygens (including phenoxy) is 1. The molecule has 0 rings (SSSR count). The first-order valence-electron chi connectivity index (χ1n) is 29.4. The van der Waals surface area contributed by atoms with Crippen LogP contribution in [0.1, 0.15) is 220 Å². The van der Waals surface area contributed by atoms with Gasteiger partial charge in [-0.3, -0.25) is 18.6 Å². The molecule has 422 valence electrons. The molecule has 0 spiro atoms. The summed E-state index contributed by atoms with van der Waals surface area (Å²) in [6, 6.07) is -0.906. The third kappa shape index (κ3) is 53.2. The molecular weight excluding hydrogens is 940 g/mol. The number of allylic oxidation sites excluding steroid dienone is 19. The van der Waals surface area contributed by atoms with Crippen molar-refractivity contribution in [1.29, 1.82) is 0 Å². The number of esters is 1. The monoisotopic (exact) mass is 1050 g/mol. The van der Waals surface area contributed by atoms with Gasteiger partial charge in [0.05, 0.1) is 33.8 Å². The highest BCUT2D eigenvalue weighted by Crippen LogP contribution is 2.43. The third-order valence-electron chi connectivity index (χ3n) is 12.1. The molecule has 9 nitrogen and oxygen atoms in total. The molecule has 0 radical (unpaired) electrons. The Labute approximate surface area is 454 Å². The lowest BCUT2D eigenvalue weighted by atomic mass is 10.1. The fourth-order valence-electron chi connectivity index (χ4n) is 7.61. The number of nitrogens with zero attached hydrogens (tertiary/aromatic N) is 1. The van der Waals surface area contributed by atoms with Gasteiger partial charge in [0.2, 0.25) is 5.91 Å². The molecule has 0 saturated carbocycles.